The van der Waals surface area contributed by atoms with Gasteiger partial charge in [-0.25, -0.2) is 4.79 Å². The van der Waals surface area contributed by atoms with Crippen LogP contribution in [-0.4, -0.2) is 47.1 Å². The summed E-state index contributed by atoms with van der Waals surface area (Å²) in [6.45, 7) is 4.53. The quantitative estimate of drug-likeness (QED) is 0.561. The molecule has 4 saturated carbocycles. The van der Waals surface area contributed by atoms with Gasteiger partial charge in [-0.15, -0.1) is 0 Å². The first-order valence-corrected chi connectivity index (χ1v) is 8.62. The highest BCUT2D eigenvalue weighted by molar-refractivity contribution is 5.86. The molecule has 4 aliphatic carbocycles. The van der Waals surface area contributed by atoms with E-state index in [1.807, 2.05) is 0 Å². The molecule has 0 saturated heterocycles. The molecule has 0 heterocycles. The molecular formula is C18H26O6. The lowest BCUT2D eigenvalue weighted by atomic mass is 9.48. The van der Waals surface area contributed by atoms with E-state index in [2.05, 4.69) is 6.58 Å². The van der Waals surface area contributed by atoms with Crippen molar-refractivity contribution < 1.29 is 29.3 Å². The first-order chi connectivity index (χ1) is 11.2. The number of ether oxygens (including phenoxy) is 2. The van der Waals surface area contributed by atoms with E-state index >= 15 is 0 Å². The molecule has 4 rings (SSSR count). The molecule has 0 spiro atoms. The van der Waals surface area contributed by atoms with Crippen LogP contribution in [0.2, 0.25) is 0 Å². The van der Waals surface area contributed by atoms with E-state index < -0.39 is 23.1 Å². The zero-order chi connectivity index (χ0) is 17.5. The van der Waals surface area contributed by atoms with E-state index in [4.69, 9.17) is 9.47 Å². The van der Waals surface area contributed by atoms with Gasteiger partial charge in [0, 0.05) is 5.57 Å². The summed E-state index contributed by atoms with van der Waals surface area (Å²) < 4.78 is 10.2. The van der Waals surface area contributed by atoms with Gasteiger partial charge in [-0.3, -0.25) is 4.79 Å². The predicted molar refractivity (Wildman–Crippen MR) is 84.8 cm³/mol. The smallest absolute Gasteiger partial charge is 0.333 e. The largest absolute Gasteiger partial charge is 0.462 e. The lowest BCUT2D eigenvalue weighted by Gasteiger charge is -2.58. The summed E-state index contributed by atoms with van der Waals surface area (Å²) in [7, 11) is 0. The minimum atomic E-state index is -1.06. The standard InChI is InChI=1S/C18H26O6/c1-11(2)15(20)23-8-14(19)9-24-16(21)17-4-12-3-13(5-17)7-18(22,6-12)10-17/h12-14,19,22H,1,3-10H2,2H3. The number of carbonyl (C=O) groups is 2. The Bertz CT molecular complexity index is 540. The number of hydrogen-bond acceptors (Lipinski definition) is 6. The molecular weight excluding hydrogens is 312 g/mol. The normalized spacial score (nSPS) is 37.8. The van der Waals surface area contributed by atoms with Crippen LogP contribution in [0, 0.1) is 17.3 Å². The summed E-state index contributed by atoms with van der Waals surface area (Å²) in [5.74, 6) is -0.125. The molecule has 6 nitrogen and oxygen atoms in total. The number of rotatable bonds is 6. The zero-order valence-corrected chi connectivity index (χ0v) is 14.1. The zero-order valence-electron chi connectivity index (χ0n) is 14.1. The Morgan fingerprint density at radius 1 is 1.17 bits per heavy atom. The third-order valence-electron chi connectivity index (χ3n) is 5.63. The van der Waals surface area contributed by atoms with Crippen LogP contribution in [0.3, 0.4) is 0 Å². The van der Waals surface area contributed by atoms with Crippen LogP contribution >= 0.6 is 0 Å². The van der Waals surface area contributed by atoms with Gasteiger partial charge in [-0.05, 0) is 57.3 Å². The minimum Gasteiger partial charge on any atom is -0.462 e. The van der Waals surface area contributed by atoms with Crippen LogP contribution in [0.4, 0.5) is 0 Å². The Balaban J connectivity index is 1.52. The molecule has 3 unspecified atom stereocenters. The van der Waals surface area contributed by atoms with Crippen molar-refractivity contribution in [3.05, 3.63) is 12.2 Å². The number of carbonyl (C=O) groups excluding carboxylic acids is 2. The Kier molecular flexibility index (Phi) is 4.47. The SMILES string of the molecule is C=C(C)C(=O)OCC(O)COC(=O)C12CC3CC(CC(O)(C3)C1)C2. The summed E-state index contributed by atoms with van der Waals surface area (Å²) in [5.41, 5.74) is -1.08. The van der Waals surface area contributed by atoms with Crippen molar-refractivity contribution >= 4 is 11.9 Å². The van der Waals surface area contributed by atoms with E-state index in [1.165, 1.54) is 6.92 Å². The average molecular weight is 338 g/mol. The fourth-order valence-corrected chi connectivity index (χ4v) is 5.12. The van der Waals surface area contributed by atoms with Crippen LogP contribution in [0.15, 0.2) is 12.2 Å². The van der Waals surface area contributed by atoms with Crippen molar-refractivity contribution in [2.45, 2.75) is 57.2 Å². The molecule has 2 N–H and O–H groups in total. The van der Waals surface area contributed by atoms with Gasteiger partial charge in [0.25, 0.3) is 0 Å². The topological polar surface area (TPSA) is 93.1 Å². The lowest BCUT2D eigenvalue weighted by Crippen LogP contribution is -2.58. The molecule has 6 heteroatoms. The third kappa shape index (κ3) is 3.35. The highest BCUT2D eigenvalue weighted by Gasteiger charge is 2.60. The second-order valence-corrected chi connectivity index (χ2v) is 8.10. The summed E-state index contributed by atoms with van der Waals surface area (Å²) in [6.07, 6.45) is 3.62. The summed E-state index contributed by atoms with van der Waals surface area (Å²) in [5, 5.41) is 20.5. The first kappa shape index (κ1) is 17.4. The van der Waals surface area contributed by atoms with Crippen LogP contribution in [0.1, 0.15) is 45.4 Å². The van der Waals surface area contributed by atoms with Gasteiger partial charge in [0.1, 0.15) is 19.3 Å². The van der Waals surface area contributed by atoms with E-state index in [0.29, 0.717) is 18.3 Å². The maximum Gasteiger partial charge on any atom is 0.333 e. The maximum absolute atomic E-state index is 12.6. The van der Waals surface area contributed by atoms with Gasteiger partial charge in [0.05, 0.1) is 11.0 Å². The number of hydrogen-bond donors (Lipinski definition) is 2. The van der Waals surface area contributed by atoms with E-state index in [0.717, 1.165) is 32.1 Å². The van der Waals surface area contributed by atoms with Crippen molar-refractivity contribution in [2.75, 3.05) is 13.2 Å². The maximum atomic E-state index is 12.6. The second-order valence-electron chi connectivity index (χ2n) is 8.10. The van der Waals surface area contributed by atoms with Gasteiger partial charge >= 0.3 is 11.9 Å². The molecule has 3 atom stereocenters. The first-order valence-electron chi connectivity index (χ1n) is 8.62. The Morgan fingerprint density at radius 3 is 2.29 bits per heavy atom. The number of esters is 2. The van der Waals surface area contributed by atoms with Crippen molar-refractivity contribution in [1.29, 1.82) is 0 Å². The number of aliphatic hydroxyl groups is 2. The molecule has 0 aromatic rings. The lowest BCUT2D eigenvalue weighted by molar-refractivity contribution is -0.198. The van der Waals surface area contributed by atoms with Gasteiger partial charge in [-0.2, -0.15) is 0 Å². The van der Waals surface area contributed by atoms with Crippen LogP contribution in [0.25, 0.3) is 0 Å². The molecule has 134 valence electrons. The highest BCUT2D eigenvalue weighted by Crippen LogP contribution is 2.61. The van der Waals surface area contributed by atoms with Gasteiger partial charge in [0.2, 0.25) is 0 Å². The monoisotopic (exact) mass is 338 g/mol. The molecule has 4 fully saturated rings. The van der Waals surface area contributed by atoms with Gasteiger partial charge in [0.15, 0.2) is 0 Å². The fourth-order valence-electron chi connectivity index (χ4n) is 5.12. The molecule has 0 amide bonds. The molecule has 24 heavy (non-hydrogen) atoms. The summed E-state index contributed by atoms with van der Waals surface area (Å²) in [4.78, 5) is 23.9. The fraction of sp³-hybridized carbons (Fsp3) is 0.778. The van der Waals surface area contributed by atoms with Crippen molar-refractivity contribution in [2.24, 2.45) is 17.3 Å². The van der Waals surface area contributed by atoms with Crippen LogP contribution < -0.4 is 0 Å². The molecule has 0 aromatic heterocycles. The van der Waals surface area contributed by atoms with Gasteiger partial charge < -0.3 is 19.7 Å². The van der Waals surface area contributed by atoms with Gasteiger partial charge in [-0.1, -0.05) is 6.58 Å². The van der Waals surface area contributed by atoms with Crippen LogP contribution in [-0.2, 0) is 19.1 Å². The molecule has 0 aromatic carbocycles. The summed E-state index contributed by atoms with van der Waals surface area (Å²) >= 11 is 0. The third-order valence-corrected chi connectivity index (χ3v) is 5.63. The Hall–Kier alpha value is -1.40. The molecule has 0 aliphatic heterocycles. The van der Waals surface area contributed by atoms with Crippen LogP contribution in [0.5, 0.6) is 0 Å². The average Bonchev–Trinajstić information content (AvgIpc) is 2.47. The highest BCUT2D eigenvalue weighted by atomic mass is 16.6. The molecule has 4 aliphatic rings. The predicted octanol–water partition coefficient (Wildman–Crippen LogP) is 1.34. The van der Waals surface area contributed by atoms with Crippen molar-refractivity contribution in [1.82, 2.24) is 0 Å². The number of aliphatic hydroxyl groups excluding tert-OH is 1. The van der Waals surface area contributed by atoms with Crippen molar-refractivity contribution in [3.63, 3.8) is 0 Å². The summed E-state index contributed by atoms with van der Waals surface area (Å²) in [6, 6.07) is 0. The Labute approximate surface area is 141 Å². The molecule has 0 radical (unpaired) electrons. The second kappa shape index (κ2) is 6.15. The molecule has 4 bridgehead atoms. The van der Waals surface area contributed by atoms with Crippen molar-refractivity contribution in [3.8, 4) is 0 Å². The Morgan fingerprint density at radius 2 is 1.75 bits per heavy atom. The van der Waals surface area contributed by atoms with E-state index in [1.54, 1.807) is 0 Å². The van der Waals surface area contributed by atoms with E-state index in [-0.39, 0.29) is 24.8 Å². The van der Waals surface area contributed by atoms with E-state index in [9.17, 15) is 19.8 Å². The minimum absolute atomic E-state index is 0.211.